The third-order valence-electron chi connectivity index (χ3n) is 2.66. The van der Waals surface area contributed by atoms with Crippen LogP contribution in [0.15, 0.2) is 0 Å². The first-order chi connectivity index (χ1) is 7.06. The molecular weight excluding hydrogens is 232 g/mol. The number of hydrogen-bond acceptors (Lipinski definition) is 4. The van der Waals surface area contributed by atoms with E-state index in [9.17, 15) is 9.59 Å². The lowest BCUT2D eigenvalue weighted by molar-refractivity contribution is -0.149. The van der Waals surface area contributed by atoms with E-state index in [2.05, 4.69) is 4.74 Å². The standard InChI is InChI=1S/C10H18N2O3.ClH/c1-7(11)9(13)12-5-3-4-8(6-12)10(14)15-2;/h7-8H,3-6,11H2,1-2H3;1H. The summed E-state index contributed by atoms with van der Waals surface area (Å²) in [5.41, 5.74) is 5.51. The Hall–Kier alpha value is -0.810. The van der Waals surface area contributed by atoms with Crippen LogP contribution in [0, 0.1) is 5.92 Å². The van der Waals surface area contributed by atoms with Crippen molar-refractivity contribution in [1.29, 1.82) is 0 Å². The highest BCUT2D eigenvalue weighted by molar-refractivity contribution is 5.85. The second-order valence-electron chi connectivity index (χ2n) is 3.94. The Morgan fingerprint density at radius 1 is 1.50 bits per heavy atom. The van der Waals surface area contributed by atoms with Gasteiger partial charge in [0.2, 0.25) is 5.91 Å². The molecule has 0 bridgehead atoms. The fourth-order valence-corrected chi connectivity index (χ4v) is 1.82. The summed E-state index contributed by atoms with van der Waals surface area (Å²) in [6.07, 6.45) is 1.62. The van der Waals surface area contributed by atoms with Gasteiger partial charge in [0.15, 0.2) is 0 Å². The number of amides is 1. The highest BCUT2D eigenvalue weighted by atomic mass is 35.5. The number of esters is 1. The van der Waals surface area contributed by atoms with Gasteiger partial charge in [0.25, 0.3) is 0 Å². The number of nitrogens with zero attached hydrogens (tertiary/aromatic N) is 1. The van der Waals surface area contributed by atoms with E-state index < -0.39 is 6.04 Å². The smallest absolute Gasteiger partial charge is 0.310 e. The first kappa shape index (κ1) is 15.2. The van der Waals surface area contributed by atoms with Crippen LogP contribution in [0.4, 0.5) is 0 Å². The van der Waals surface area contributed by atoms with Crippen LogP contribution in [0.3, 0.4) is 0 Å². The van der Waals surface area contributed by atoms with Gasteiger partial charge in [0.05, 0.1) is 19.1 Å². The van der Waals surface area contributed by atoms with Gasteiger partial charge in [-0.15, -0.1) is 12.4 Å². The molecule has 2 N–H and O–H groups in total. The van der Waals surface area contributed by atoms with Crippen molar-refractivity contribution in [2.45, 2.75) is 25.8 Å². The number of likely N-dealkylation sites (tertiary alicyclic amines) is 1. The Labute approximate surface area is 102 Å². The average Bonchev–Trinajstić information content (AvgIpc) is 2.27. The molecule has 0 radical (unpaired) electrons. The Morgan fingerprint density at radius 2 is 2.12 bits per heavy atom. The van der Waals surface area contributed by atoms with Gasteiger partial charge in [-0.1, -0.05) is 0 Å². The molecule has 2 atom stereocenters. The minimum atomic E-state index is -0.499. The molecule has 0 aromatic carbocycles. The molecule has 0 saturated carbocycles. The molecule has 1 aliphatic rings. The van der Waals surface area contributed by atoms with Gasteiger partial charge in [0.1, 0.15) is 0 Å². The highest BCUT2D eigenvalue weighted by Gasteiger charge is 2.29. The summed E-state index contributed by atoms with van der Waals surface area (Å²) in [7, 11) is 1.37. The maximum Gasteiger partial charge on any atom is 0.310 e. The monoisotopic (exact) mass is 250 g/mol. The molecule has 1 rings (SSSR count). The van der Waals surface area contributed by atoms with Crippen LogP contribution in [0.2, 0.25) is 0 Å². The molecule has 1 amide bonds. The molecule has 1 saturated heterocycles. The van der Waals surface area contributed by atoms with Gasteiger partial charge < -0.3 is 15.4 Å². The number of hydrogen-bond donors (Lipinski definition) is 1. The van der Waals surface area contributed by atoms with Gasteiger partial charge in [-0.05, 0) is 19.8 Å². The van der Waals surface area contributed by atoms with E-state index in [-0.39, 0.29) is 30.2 Å². The third kappa shape index (κ3) is 3.64. The molecule has 0 aromatic heterocycles. The molecule has 0 aliphatic carbocycles. The summed E-state index contributed by atoms with van der Waals surface area (Å²) < 4.78 is 4.67. The van der Waals surface area contributed by atoms with Gasteiger partial charge >= 0.3 is 5.97 Å². The number of methoxy groups -OCH3 is 1. The molecule has 0 aromatic rings. The van der Waals surface area contributed by atoms with Crippen molar-refractivity contribution in [3.8, 4) is 0 Å². The number of rotatable bonds is 2. The highest BCUT2D eigenvalue weighted by Crippen LogP contribution is 2.18. The lowest BCUT2D eigenvalue weighted by Gasteiger charge is -2.32. The fraction of sp³-hybridized carbons (Fsp3) is 0.800. The topological polar surface area (TPSA) is 72.6 Å². The van der Waals surface area contributed by atoms with E-state index >= 15 is 0 Å². The Morgan fingerprint density at radius 3 is 2.62 bits per heavy atom. The zero-order valence-corrected chi connectivity index (χ0v) is 10.5. The molecular formula is C10H19ClN2O3. The summed E-state index contributed by atoms with van der Waals surface area (Å²) in [4.78, 5) is 24.6. The van der Waals surface area contributed by atoms with E-state index in [1.165, 1.54) is 7.11 Å². The van der Waals surface area contributed by atoms with Crippen molar-refractivity contribution in [2.24, 2.45) is 11.7 Å². The lowest BCUT2D eigenvalue weighted by atomic mass is 9.98. The molecule has 2 unspecified atom stereocenters. The van der Waals surface area contributed by atoms with Crippen molar-refractivity contribution in [3.05, 3.63) is 0 Å². The molecule has 1 heterocycles. The number of carbonyl (C=O) groups is 2. The summed E-state index contributed by atoms with van der Waals surface area (Å²) in [5.74, 6) is -0.521. The van der Waals surface area contributed by atoms with E-state index in [1.54, 1.807) is 11.8 Å². The summed E-state index contributed by atoms with van der Waals surface area (Å²) in [6.45, 7) is 2.78. The maximum absolute atomic E-state index is 11.6. The van der Waals surface area contributed by atoms with Crippen molar-refractivity contribution in [1.82, 2.24) is 4.90 Å². The van der Waals surface area contributed by atoms with Gasteiger partial charge in [-0.2, -0.15) is 0 Å². The number of ether oxygens (including phenoxy) is 1. The summed E-state index contributed by atoms with van der Waals surface area (Å²) in [5, 5.41) is 0. The minimum Gasteiger partial charge on any atom is -0.469 e. The van der Waals surface area contributed by atoms with E-state index in [4.69, 9.17) is 5.73 Å². The third-order valence-corrected chi connectivity index (χ3v) is 2.66. The molecule has 0 spiro atoms. The zero-order chi connectivity index (χ0) is 11.4. The second kappa shape index (κ2) is 6.70. The number of carbonyl (C=O) groups excluding carboxylic acids is 2. The van der Waals surface area contributed by atoms with Crippen molar-refractivity contribution < 1.29 is 14.3 Å². The molecule has 94 valence electrons. The first-order valence-corrected chi connectivity index (χ1v) is 5.18. The normalized spacial score (nSPS) is 21.9. The molecule has 6 heteroatoms. The van der Waals surface area contributed by atoms with Gasteiger partial charge in [0, 0.05) is 13.1 Å². The summed E-state index contributed by atoms with van der Waals surface area (Å²) in [6, 6.07) is -0.499. The first-order valence-electron chi connectivity index (χ1n) is 5.18. The van der Waals surface area contributed by atoms with Crippen LogP contribution >= 0.6 is 12.4 Å². The quantitative estimate of drug-likeness (QED) is 0.709. The molecule has 1 aliphatic heterocycles. The Kier molecular flexibility index (Phi) is 6.36. The van der Waals surface area contributed by atoms with Crippen LogP contribution in [0.1, 0.15) is 19.8 Å². The lowest BCUT2D eigenvalue weighted by Crippen LogP contribution is -2.48. The predicted octanol–water partition coefficient (Wildman–Crippen LogP) is 0.167. The van der Waals surface area contributed by atoms with Crippen LogP contribution in [-0.2, 0) is 14.3 Å². The van der Waals surface area contributed by atoms with Crippen LogP contribution in [0.25, 0.3) is 0 Å². The van der Waals surface area contributed by atoms with Gasteiger partial charge in [-0.25, -0.2) is 0 Å². The average molecular weight is 251 g/mol. The maximum atomic E-state index is 11.6. The largest absolute Gasteiger partial charge is 0.469 e. The molecule has 5 nitrogen and oxygen atoms in total. The van der Waals surface area contributed by atoms with E-state index in [0.29, 0.717) is 13.1 Å². The van der Waals surface area contributed by atoms with Crippen LogP contribution < -0.4 is 5.73 Å². The Balaban J connectivity index is 0.00000225. The number of nitrogens with two attached hydrogens (primary N) is 1. The van der Waals surface area contributed by atoms with E-state index in [0.717, 1.165) is 12.8 Å². The van der Waals surface area contributed by atoms with Gasteiger partial charge in [-0.3, -0.25) is 9.59 Å². The molecule has 1 fully saturated rings. The summed E-state index contributed by atoms with van der Waals surface area (Å²) >= 11 is 0. The van der Waals surface area contributed by atoms with Crippen LogP contribution in [0.5, 0.6) is 0 Å². The van der Waals surface area contributed by atoms with E-state index in [1.807, 2.05) is 0 Å². The van der Waals surface area contributed by atoms with Crippen molar-refractivity contribution >= 4 is 24.3 Å². The van der Waals surface area contributed by atoms with Crippen molar-refractivity contribution in [2.75, 3.05) is 20.2 Å². The fourth-order valence-electron chi connectivity index (χ4n) is 1.82. The van der Waals surface area contributed by atoms with Crippen LogP contribution in [-0.4, -0.2) is 43.0 Å². The minimum absolute atomic E-state index is 0. The Bertz CT molecular complexity index is 258. The second-order valence-corrected chi connectivity index (χ2v) is 3.94. The SMILES string of the molecule is COC(=O)C1CCCN(C(=O)C(C)N)C1.Cl. The zero-order valence-electron chi connectivity index (χ0n) is 9.64. The number of halogens is 1. The predicted molar refractivity (Wildman–Crippen MR) is 62.2 cm³/mol. The number of piperidine rings is 1. The van der Waals surface area contributed by atoms with Crippen molar-refractivity contribution in [3.63, 3.8) is 0 Å². The molecule has 16 heavy (non-hydrogen) atoms.